The Hall–Kier alpha value is -3.73. The van der Waals surface area contributed by atoms with Crippen LogP contribution in [0, 0.1) is 23.0 Å². The molecule has 2 N–H and O–H groups in total. The molecule has 1 atom stereocenters. The molecule has 0 aliphatic carbocycles. The third-order valence-corrected chi connectivity index (χ3v) is 6.33. The molecule has 0 saturated carbocycles. The Bertz CT molecular complexity index is 1210. The lowest BCUT2D eigenvalue weighted by atomic mass is 10.0. The molecule has 11 heteroatoms. The molecular formula is C24H28N6O4S. The molecule has 35 heavy (non-hydrogen) atoms. The molecule has 1 heterocycles. The van der Waals surface area contributed by atoms with Crippen molar-refractivity contribution in [2.45, 2.75) is 45.4 Å². The van der Waals surface area contributed by atoms with Gasteiger partial charge >= 0.3 is 0 Å². The highest BCUT2D eigenvalue weighted by Gasteiger charge is 2.26. The average Bonchev–Trinajstić information content (AvgIpc) is 3.25. The maximum absolute atomic E-state index is 12.8. The number of hydrogen-bond donors (Lipinski definition) is 2. The van der Waals surface area contributed by atoms with E-state index >= 15 is 0 Å². The molecular weight excluding hydrogens is 468 g/mol. The summed E-state index contributed by atoms with van der Waals surface area (Å²) in [6.07, 6.45) is 0. The number of non-ortho nitro benzene ring substituents is 1. The van der Waals surface area contributed by atoms with E-state index < -0.39 is 4.92 Å². The molecule has 0 aliphatic rings. The summed E-state index contributed by atoms with van der Waals surface area (Å²) in [5.74, 6) is 0.196. The predicted molar refractivity (Wildman–Crippen MR) is 134 cm³/mol. The lowest BCUT2D eigenvalue weighted by Crippen LogP contribution is -2.33. The SMILES string of the molecule is CCn1c(SCC(=O)Nc2cc([N+](=O)[O-])ccc2C)nnc1[C@H](NC(=O)c1ccccc1)C(C)C. The Kier molecular flexibility index (Phi) is 8.58. The first-order chi connectivity index (χ1) is 16.7. The van der Waals surface area contributed by atoms with E-state index in [2.05, 4.69) is 20.8 Å². The van der Waals surface area contributed by atoms with E-state index in [0.29, 0.717) is 28.8 Å². The normalized spacial score (nSPS) is 11.8. The molecule has 0 spiro atoms. The molecule has 1 aromatic heterocycles. The topological polar surface area (TPSA) is 132 Å². The fourth-order valence-corrected chi connectivity index (χ4v) is 4.26. The number of nitrogens with zero attached hydrogens (tertiary/aromatic N) is 4. The Morgan fingerprint density at radius 1 is 1.14 bits per heavy atom. The Morgan fingerprint density at radius 2 is 1.86 bits per heavy atom. The van der Waals surface area contributed by atoms with Gasteiger partial charge in [0.15, 0.2) is 11.0 Å². The third-order valence-electron chi connectivity index (χ3n) is 5.37. The number of anilines is 1. The Labute approximate surface area is 207 Å². The van der Waals surface area contributed by atoms with Crippen molar-refractivity contribution in [3.05, 3.63) is 75.6 Å². The fraction of sp³-hybridized carbons (Fsp3) is 0.333. The second-order valence-electron chi connectivity index (χ2n) is 8.24. The number of nitro groups is 1. The summed E-state index contributed by atoms with van der Waals surface area (Å²) in [6, 6.07) is 12.9. The zero-order valence-electron chi connectivity index (χ0n) is 20.0. The summed E-state index contributed by atoms with van der Waals surface area (Å²) >= 11 is 1.21. The van der Waals surface area contributed by atoms with Crippen LogP contribution in [0.15, 0.2) is 53.7 Å². The number of rotatable bonds is 10. The maximum Gasteiger partial charge on any atom is 0.271 e. The number of amides is 2. The van der Waals surface area contributed by atoms with Gasteiger partial charge in [0, 0.05) is 24.2 Å². The Balaban J connectivity index is 1.72. The largest absolute Gasteiger partial charge is 0.342 e. The zero-order chi connectivity index (χ0) is 25.5. The lowest BCUT2D eigenvalue weighted by Gasteiger charge is -2.22. The van der Waals surface area contributed by atoms with Gasteiger partial charge in [-0.25, -0.2) is 0 Å². The van der Waals surface area contributed by atoms with Gasteiger partial charge in [-0.1, -0.05) is 49.9 Å². The number of carbonyl (C=O) groups is 2. The van der Waals surface area contributed by atoms with E-state index in [1.165, 1.54) is 23.9 Å². The fourth-order valence-electron chi connectivity index (χ4n) is 3.45. The molecule has 0 bridgehead atoms. The molecule has 0 saturated heterocycles. The van der Waals surface area contributed by atoms with Crippen LogP contribution in [0.25, 0.3) is 0 Å². The van der Waals surface area contributed by atoms with Gasteiger partial charge in [0.25, 0.3) is 11.6 Å². The minimum Gasteiger partial charge on any atom is -0.342 e. The van der Waals surface area contributed by atoms with Crippen LogP contribution in [0.3, 0.4) is 0 Å². The summed E-state index contributed by atoms with van der Waals surface area (Å²) in [7, 11) is 0. The van der Waals surface area contributed by atoms with E-state index in [1.54, 1.807) is 25.1 Å². The second-order valence-corrected chi connectivity index (χ2v) is 9.18. The summed E-state index contributed by atoms with van der Waals surface area (Å²) in [5, 5.41) is 25.9. The maximum atomic E-state index is 12.8. The molecule has 2 aromatic carbocycles. The first kappa shape index (κ1) is 25.9. The van der Waals surface area contributed by atoms with Crippen LogP contribution in [-0.2, 0) is 11.3 Å². The van der Waals surface area contributed by atoms with Crippen molar-refractivity contribution < 1.29 is 14.5 Å². The van der Waals surface area contributed by atoms with Crippen molar-refractivity contribution in [2.24, 2.45) is 5.92 Å². The molecule has 2 amide bonds. The summed E-state index contributed by atoms with van der Waals surface area (Å²) in [4.78, 5) is 35.8. The van der Waals surface area contributed by atoms with Gasteiger partial charge in [0.2, 0.25) is 5.91 Å². The number of aryl methyl sites for hydroxylation is 1. The number of nitrogens with one attached hydrogen (secondary N) is 2. The van der Waals surface area contributed by atoms with Crippen LogP contribution in [0.1, 0.15) is 48.6 Å². The van der Waals surface area contributed by atoms with E-state index in [4.69, 9.17) is 0 Å². The van der Waals surface area contributed by atoms with Crippen molar-refractivity contribution in [3.63, 3.8) is 0 Å². The van der Waals surface area contributed by atoms with Crippen LogP contribution >= 0.6 is 11.8 Å². The van der Waals surface area contributed by atoms with Crippen LogP contribution in [0.5, 0.6) is 0 Å². The van der Waals surface area contributed by atoms with Gasteiger partial charge in [-0.15, -0.1) is 10.2 Å². The number of carbonyl (C=O) groups excluding carboxylic acids is 2. The molecule has 3 rings (SSSR count). The standard InChI is InChI=1S/C24H28N6O4S/c1-5-29-22(21(15(2)3)26-23(32)17-9-7-6-8-10-17)27-28-24(29)35-14-20(31)25-19-13-18(30(33)34)12-11-16(19)4/h6-13,15,21H,5,14H2,1-4H3,(H,25,31)(H,26,32)/t21-/m1/s1. The molecule has 3 aromatic rings. The monoisotopic (exact) mass is 496 g/mol. The Morgan fingerprint density at radius 3 is 2.49 bits per heavy atom. The van der Waals surface area contributed by atoms with Gasteiger partial charge in [0.1, 0.15) is 0 Å². The van der Waals surface area contributed by atoms with Crippen LogP contribution in [-0.4, -0.2) is 37.3 Å². The van der Waals surface area contributed by atoms with Crippen molar-refractivity contribution in [1.82, 2.24) is 20.1 Å². The molecule has 10 nitrogen and oxygen atoms in total. The minimum absolute atomic E-state index is 0.0446. The van der Waals surface area contributed by atoms with E-state index in [1.807, 2.05) is 43.5 Å². The summed E-state index contributed by atoms with van der Waals surface area (Å²) in [6.45, 7) is 8.25. The van der Waals surface area contributed by atoms with Gasteiger partial charge in [-0.2, -0.15) is 0 Å². The lowest BCUT2D eigenvalue weighted by molar-refractivity contribution is -0.384. The number of thioether (sulfide) groups is 1. The summed E-state index contributed by atoms with van der Waals surface area (Å²) in [5.41, 5.74) is 1.59. The molecule has 184 valence electrons. The molecule has 0 radical (unpaired) electrons. The van der Waals surface area contributed by atoms with Crippen molar-refractivity contribution >= 4 is 35.0 Å². The number of benzene rings is 2. The second kappa shape index (κ2) is 11.6. The quantitative estimate of drug-likeness (QED) is 0.242. The molecule has 0 fully saturated rings. The first-order valence-electron chi connectivity index (χ1n) is 11.2. The average molecular weight is 497 g/mol. The van der Waals surface area contributed by atoms with E-state index in [0.717, 1.165) is 5.56 Å². The van der Waals surface area contributed by atoms with E-state index in [9.17, 15) is 19.7 Å². The smallest absolute Gasteiger partial charge is 0.271 e. The van der Waals surface area contributed by atoms with Gasteiger partial charge in [-0.05, 0) is 37.5 Å². The highest BCUT2D eigenvalue weighted by atomic mass is 32.2. The van der Waals surface area contributed by atoms with Crippen molar-refractivity contribution in [3.8, 4) is 0 Å². The van der Waals surface area contributed by atoms with Crippen LogP contribution in [0.4, 0.5) is 11.4 Å². The van der Waals surface area contributed by atoms with Gasteiger partial charge in [-0.3, -0.25) is 19.7 Å². The van der Waals surface area contributed by atoms with Crippen LogP contribution < -0.4 is 10.6 Å². The van der Waals surface area contributed by atoms with Gasteiger partial charge in [0.05, 0.1) is 22.4 Å². The summed E-state index contributed by atoms with van der Waals surface area (Å²) < 4.78 is 1.88. The number of nitro benzene ring substituents is 1. The predicted octanol–water partition coefficient (Wildman–Crippen LogP) is 4.37. The first-order valence-corrected chi connectivity index (χ1v) is 12.2. The third kappa shape index (κ3) is 6.44. The zero-order valence-corrected chi connectivity index (χ0v) is 20.8. The van der Waals surface area contributed by atoms with Crippen molar-refractivity contribution in [1.29, 1.82) is 0 Å². The van der Waals surface area contributed by atoms with E-state index in [-0.39, 0.29) is 35.2 Å². The number of hydrogen-bond acceptors (Lipinski definition) is 7. The molecule has 0 aliphatic heterocycles. The van der Waals surface area contributed by atoms with Crippen molar-refractivity contribution in [2.75, 3.05) is 11.1 Å². The minimum atomic E-state index is -0.503. The highest BCUT2D eigenvalue weighted by molar-refractivity contribution is 7.99. The molecule has 0 unspecified atom stereocenters. The number of aromatic nitrogens is 3. The van der Waals surface area contributed by atoms with Crippen LogP contribution in [0.2, 0.25) is 0 Å². The van der Waals surface area contributed by atoms with Gasteiger partial charge < -0.3 is 15.2 Å². The highest BCUT2D eigenvalue weighted by Crippen LogP contribution is 2.26.